The number of anilines is 1. The summed E-state index contributed by atoms with van der Waals surface area (Å²) in [5.41, 5.74) is 3.06. The largest absolute Gasteiger partial charge is 0.351 e. The number of hydrogen-bond acceptors (Lipinski definition) is 4. The lowest BCUT2D eigenvalue weighted by Crippen LogP contribution is -2.40. The number of hydrogen-bond donors (Lipinski definition) is 2. The molecule has 1 atom stereocenters. The SMILES string of the molecule is O=C1NCC(C(=O)Nc2cccc(Cn3cnnc3)c2)c2ccccc21. The van der Waals surface area contributed by atoms with Crippen LogP contribution in [0.3, 0.4) is 0 Å². The van der Waals surface area contributed by atoms with E-state index in [0.29, 0.717) is 18.7 Å². The maximum atomic E-state index is 12.8. The first-order valence-electron chi connectivity index (χ1n) is 8.30. The maximum absolute atomic E-state index is 12.8. The normalized spacial score (nSPS) is 15.8. The van der Waals surface area contributed by atoms with Crippen molar-refractivity contribution in [3.63, 3.8) is 0 Å². The van der Waals surface area contributed by atoms with Gasteiger partial charge in [0.15, 0.2) is 0 Å². The molecule has 0 fully saturated rings. The number of fused-ring (bicyclic) bond motifs is 1. The predicted octanol–water partition coefficient (Wildman–Crippen LogP) is 1.79. The highest BCUT2D eigenvalue weighted by molar-refractivity contribution is 6.03. The number of amides is 2. The Morgan fingerprint density at radius 2 is 1.96 bits per heavy atom. The Morgan fingerprint density at radius 1 is 1.15 bits per heavy atom. The number of benzene rings is 2. The Labute approximate surface area is 150 Å². The summed E-state index contributed by atoms with van der Waals surface area (Å²) in [5.74, 6) is -0.690. The average molecular weight is 347 g/mol. The third-order valence-corrected chi connectivity index (χ3v) is 4.39. The van der Waals surface area contributed by atoms with E-state index in [-0.39, 0.29) is 11.8 Å². The van der Waals surface area contributed by atoms with Crippen molar-refractivity contribution in [2.75, 3.05) is 11.9 Å². The number of nitrogens with zero attached hydrogens (tertiary/aromatic N) is 3. The topological polar surface area (TPSA) is 88.9 Å². The van der Waals surface area contributed by atoms with Gasteiger partial charge in [0.25, 0.3) is 5.91 Å². The van der Waals surface area contributed by atoms with Gasteiger partial charge < -0.3 is 15.2 Å². The van der Waals surface area contributed by atoms with Crippen molar-refractivity contribution >= 4 is 17.5 Å². The molecular formula is C19H17N5O2. The van der Waals surface area contributed by atoms with E-state index in [9.17, 15) is 9.59 Å². The lowest BCUT2D eigenvalue weighted by molar-refractivity contribution is -0.117. The summed E-state index contributed by atoms with van der Waals surface area (Å²) in [5, 5.41) is 13.3. The van der Waals surface area contributed by atoms with E-state index < -0.39 is 5.92 Å². The van der Waals surface area contributed by atoms with Gasteiger partial charge in [-0.15, -0.1) is 10.2 Å². The molecule has 3 aromatic rings. The summed E-state index contributed by atoms with van der Waals surface area (Å²) >= 11 is 0. The molecule has 130 valence electrons. The van der Waals surface area contributed by atoms with Crippen LogP contribution in [-0.4, -0.2) is 33.1 Å². The molecule has 7 heteroatoms. The summed E-state index contributed by atoms with van der Waals surface area (Å²) in [4.78, 5) is 24.7. The van der Waals surface area contributed by atoms with Crippen LogP contribution in [0, 0.1) is 0 Å². The highest BCUT2D eigenvalue weighted by atomic mass is 16.2. The number of nitrogens with one attached hydrogen (secondary N) is 2. The molecule has 0 saturated carbocycles. The zero-order chi connectivity index (χ0) is 17.9. The van der Waals surface area contributed by atoms with Crippen LogP contribution in [0.1, 0.15) is 27.4 Å². The van der Waals surface area contributed by atoms with E-state index in [1.807, 2.05) is 41.0 Å². The van der Waals surface area contributed by atoms with Gasteiger partial charge >= 0.3 is 0 Å². The number of carbonyl (C=O) groups excluding carboxylic acids is 2. The Morgan fingerprint density at radius 3 is 2.81 bits per heavy atom. The second-order valence-corrected chi connectivity index (χ2v) is 6.17. The lowest BCUT2D eigenvalue weighted by atomic mass is 9.89. The molecule has 1 aliphatic rings. The molecule has 0 radical (unpaired) electrons. The smallest absolute Gasteiger partial charge is 0.251 e. The Hall–Kier alpha value is -3.48. The molecule has 7 nitrogen and oxygen atoms in total. The minimum atomic E-state index is -0.412. The fourth-order valence-electron chi connectivity index (χ4n) is 3.13. The van der Waals surface area contributed by atoms with Gasteiger partial charge in [0.1, 0.15) is 12.7 Å². The molecule has 0 saturated heterocycles. The van der Waals surface area contributed by atoms with Crippen LogP contribution in [0.25, 0.3) is 0 Å². The van der Waals surface area contributed by atoms with Gasteiger partial charge in [-0.2, -0.15) is 0 Å². The Bertz CT molecular complexity index is 952. The first kappa shape index (κ1) is 16.0. The van der Waals surface area contributed by atoms with Crippen LogP contribution < -0.4 is 10.6 Å². The summed E-state index contributed by atoms with van der Waals surface area (Å²) in [6.45, 7) is 0.918. The van der Waals surface area contributed by atoms with Crippen molar-refractivity contribution in [1.82, 2.24) is 20.1 Å². The van der Waals surface area contributed by atoms with E-state index in [4.69, 9.17) is 0 Å². The van der Waals surface area contributed by atoms with Crippen LogP contribution >= 0.6 is 0 Å². The van der Waals surface area contributed by atoms with E-state index in [1.165, 1.54) is 0 Å². The maximum Gasteiger partial charge on any atom is 0.251 e. The third kappa shape index (κ3) is 3.19. The molecule has 2 heterocycles. The van der Waals surface area contributed by atoms with Crippen molar-refractivity contribution in [3.8, 4) is 0 Å². The van der Waals surface area contributed by atoms with Crippen LogP contribution in [0.2, 0.25) is 0 Å². The molecule has 2 N–H and O–H groups in total. The average Bonchev–Trinajstić information content (AvgIpc) is 3.15. The second-order valence-electron chi connectivity index (χ2n) is 6.17. The zero-order valence-corrected chi connectivity index (χ0v) is 13.9. The molecule has 2 amide bonds. The van der Waals surface area contributed by atoms with Crippen molar-refractivity contribution in [2.24, 2.45) is 0 Å². The van der Waals surface area contributed by atoms with Crippen LogP contribution in [0.15, 0.2) is 61.2 Å². The van der Waals surface area contributed by atoms with Gasteiger partial charge in [0.2, 0.25) is 5.91 Å². The number of aromatic nitrogens is 3. The van der Waals surface area contributed by atoms with Gasteiger partial charge in [-0.3, -0.25) is 9.59 Å². The van der Waals surface area contributed by atoms with Crippen LogP contribution in [-0.2, 0) is 11.3 Å². The number of rotatable bonds is 4. The van der Waals surface area contributed by atoms with Gasteiger partial charge in [0.05, 0.1) is 12.5 Å². The molecule has 0 aliphatic carbocycles. The van der Waals surface area contributed by atoms with Crippen molar-refractivity contribution in [3.05, 3.63) is 77.9 Å². The van der Waals surface area contributed by atoms with E-state index in [0.717, 1.165) is 16.8 Å². The molecule has 2 aromatic carbocycles. The quantitative estimate of drug-likeness (QED) is 0.753. The monoisotopic (exact) mass is 347 g/mol. The van der Waals surface area contributed by atoms with Crippen LogP contribution in [0.4, 0.5) is 5.69 Å². The second kappa shape index (κ2) is 6.79. The first-order chi connectivity index (χ1) is 12.7. The summed E-state index contributed by atoms with van der Waals surface area (Å²) in [7, 11) is 0. The fraction of sp³-hybridized carbons (Fsp3) is 0.158. The lowest BCUT2D eigenvalue weighted by Gasteiger charge is -2.25. The van der Waals surface area contributed by atoms with Crippen molar-refractivity contribution in [2.45, 2.75) is 12.5 Å². The molecule has 1 aliphatic heterocycles. The summed E-state index contributed by atoms with van der Waals surface area (Å²) in [6.07, 6.45) is 3.29. The first-order valence-corrected chi connectivity index (χ1v) is 8.30. The van der Waals surface area contributed by atoms with Crippen molar-refractivity contribution < 1.29 is 9.59 Å². The van der Waals surface area contributed by atoms with Crippen LogP contribution in [0.5, 0.6) is 0 Å². The standard InChI is InChI=1S/C19H17N5O2/c25-18-16-7-2-1-6-15(16)17(9-20-18)19(26)23-14-5-3-4-13(8-14)10-24-11-21-22-12-24/h1-8,11-12,17H,9-10H2,(H,20,25)(H,23,26). The van der Waals surface area contributed by atoms with E-state index in [2.05, 4.69) is 20.8 Å². The van der Waals surface area contributed by atoms with Gasteiger partial charge in [-0.1, -0.05) is 30.3 Å². The molecule has 26 heavy (non-hydrogen) atoms. The van der Waals surface area contributed by atoms with Gasteiger partial charge in [0, 0.05) is 17.8 Å². The minimum absolute atomic E-state index is 0.138. The molecule has 1 aromatic heterocycles. The Kier molecular flexibility index (Phi) is 4.18. The minimum Gasteiger partial charge on any atom is -0.351 e. The van der Waals surface area contributed by atoms with E-state index >= 15 is 0 Å². The summed E-state index contributed by atoms with van der Waals surface area (Å²) < 4.78 is 1.86. The predicted molar refractivity (Wildman–Crippen MR) is 95.7 cm³/mol. The van der Waals surface area contributed by atoms with Gasteiger partial charge in [-0.05, 0) is 29.3 Å². The highest BCUT2D eigenvalue weighted by Gasteiger charge is 2.30. The molecule has 0 bridgehead atoms. The molecule has 4 rings (SSSR count). The van der Waals surface area contributed by atoms with E-state index in [1.54, 1.807) is 24.8 Å². The Balaban J connectivity index is 1.52. The highest BCUT2D eigenvalue weighted by Crippen LogP contribution is 2.25. The van der Waals surface area contributed by atoms with Gasteiger partial charge in [-0.25, -0.2) is 0 Å². The molecule has 0 spiro atoms. The van der Waals surface area contributed by atoms with Crippen molar-refractivity contribution in [1.29, 1.82) is 0 Å². The summed E-state index contributed by atoms with van der Waals surface area (Å²) in [6, 6.07) is 14.9. The number of carbonyl (C=O) groups is 2. The fourth-order valence-corrected chi connectivity index (χ4v) is 3.13. The molecular weight excluding hydrogens is 330 g/mol. The molecule has 1 unspecified atom stereocenters. The third-order valence-electron chi connectivity index (χ3n) is 4.39. The zero-order valence-electron chi connectivity index (χ0n) is 13.9.